The Morgan fingerprint density at radius 3 is 2.28 bits per heavy atom. The van der Waals surface area contributed by atoms with Gasteiger partial charge in [0.2, 0.25) is 0 Å². The van der Waals surface area contributed by atoms with Crippen LogP contribution < -0.4 is 14.8 Å². The van der Waals surface area contributed by atoms with Gasteiger partial charge >= 0.3 is 11.9 Å². The molecule has 0 saturated carbocycles. The minimum absolute atomic E-state index is 0.0729. The van der Waals surface area contributed by atoms with Crippen molar-refractivity contribution >= 4 is 23.5 Å². The number of rotatable bonds is 5. The van der Waals surface area contributed by atoms with Gasteiger partial charge in [-0.25, -0.2) is 4.79 Å². The number of aromatic carboxylic acids is 1. The van der Waals surface area contributed by atoms with Gasteiger partial charge in [0, 0.05) is 18.2 Å². The number of aryl methyl sites for hydroxylation is 1. The summed E-state index contributed by atoms with van der Waals surface area (Å²) in [4.78, 5) is 34.5. The van der Waals surface area contributed by atoms with Gasteiger partial charge in [-0.3, -0.25) is 9.59 Å². The maximum Gasteiger partial charge on any atom is 0.335 e. The molecule has 25 heavy (non-hydrogen) atoms. The number of benzene rings is 2. The molecule has 0 saturated heterocycles. The molecule has 2 aromatic rings. The molecule has 0 atom stereocenters. The fraction of sp³-hybridized carbons (Fsp3) is 0.167. The highest BCUT2D eigenvalue weighted by Gasteiger charge is 2.14. The number of anilines is 1. The van der Waals surface area contributed by atoms with E-state index >= 15 is 0 Å². The highest BCUT2D eigenvalue weighted by Crippen LogP contribution is 2.29. The molecule has 0 radical (unpaired) electrons. The molecule has 1 amide bonds. The average Bonchev–Trinajstić information content (AvgIpc) is 2.56. The topological polar surface area (TPSA) is 102 Å². The lowest BCUT2D eigenvalue weighted by atomic mass is 10.1. The summed E-state index contributed by atoms with van der Waals surface area (Å²) in [5, 5.41) is 11.7. The van der Waals surface area contributed by atoms with Crippen molar-refractivity contribution in [3.8, 4) is 11.5 Å². The van der Waals surface area contributed by atoms with Crippen LogP contribution >= 0.6 is 0 Å². The van der Waals surface area contributed by atoms with Crippen molar-refractivity contribution in [2.24, 2.45) is 0 Å². The summed E-state index contributed by atoms with van der Waals surface area (Å²) >= 11 is 0. The van der Waals surface area contributed by atoms with Crippen molar-refractivity contribution in [1.82, 2.24) is 0 Å². The fourth-order valence-corrected chi connectivity index (χ4v) is 2.13. The predicted molar refractivity (Wildman–Crippen MR) is 90.4 cm³/mol. The Labute approximate surface area is 144 Å². The van der Waals surface area contributed by atoms with Gasteiger partial charge in [-0.1, -0.05) is 6.07 Å². The van der Waals surface area contributed by atoms with Crippen LogP contribution in [0.3, 0.4) is 0 Å². The van der Waals surface area contributed by atoms with Crippen molar-refractivity contribution in [2.45, 2.75) is 13.8 Å². The highest BCUT2D eigenvalue weighted by molar-refractivity contribution is 6.05. The van der Waals surface area contributed by atoms with E-state index in [0.29, 0.717) is 5.69 Å². The van der Waals surface area contributed by atoms with Gasteiger partial charge < -0.3 is 19.9 Å². The number of carboxylic acid groups (broad SMARTS) is 1. The minimum atomic E-state index is -1.08. The van der Waals surface area contributed by atoms with Gasteiger partial charge in [0.05, 0.1) is 12.7 Å². The molecule has 0 aliphatic rings. The first kappa shape index (κ1) is 18.0. The third-order valence-electron chi connectivity index (χ3n) is 3.41. The van der Waals surface area contributed by atoms with Gasteiger partial charge in [0.15, 0.2) is 11.5 Å². The molecular weight excluding hydrogens is 326 g/mol. The zero-order valence-corrected chi connectivity index (χ0v) is 14.0. The first-order valence-corrected chi connectivity index (χ1v) is 7.33. The van der Waals surface area contributed by atoms with E-state index in [4.69, 9.17) is 14.6 Å². The number of amides is 1. The van der Waals surface area contributed by atoms with E-state index in [2.05, 4.69) is 5.32 Å². The molecule has 7 nitrogen and oxygen atoms in total. The Hall–Kier alpha value is -3.35. The number of carbonyl (C=O) groups is 3. The van der Waals surface area contributed by atoms with E-state index in [-0.39, 0.29) is 22.6 Å². The lowest BCUT2D eigenvalue weighted by Crippen LogP contribution is -2.14. The lowest BCUT2D eigenvalue weighted by Gasteiger charge is -2.12. The molecule has 0 aliphatic heterocycles. The van der Waals surface area contributed by atoms with Crippen molar-refractivity contribution < 1.29 is 29.0 Å². The number of esters is 1. The normalized spacial score (nSPS) is 10.0. The van der Waals surface area contributed by atoms with Crippen LogP contribution in [0, 0.1) is 6.92 Å². The number of hydrogen-bond acceptors (Lipinski definition) is 5. The maximum atomic E-state index is 12.4. The number of methoxy groups -OCH3 is 1. The summed E-state index contributed by atoms with van der Waals surface area (Å²) in [6.07, 6.45) is 0. The van der Waals surface area contributed by atoms with Gasteiger partial charge in [-0.15, -0.1) is 0 Å². The monoisotopic (exact) mass is 343 g/mol. The Morgan fingerprint density at radius 1 is 1.00 bits per heavy atom. The van der Waals surface area contributed by atoms with Crippen LogP contribution in [0.5, 0.6) is 11.5 Å². The van der Waals surface area contributed by atoms with Crippen LogP contribution in [0.25, 0.3) is 0 Å². The summed E-state index contributed by atoms with van der Waals surface area (Å²) < 4.78 is 10.1. The van der Waals surface area contributed by atoms with Gasteiger partial charge in [-0.2, -0.15) is 0 Å². The lowest BCUT2D eigenvalue weighted by molar-refractivity contribution is -0.132. The van der Waals surface area contributed by atoms with Crippen molar-refractivity contribution in [3.63, 3.8) is 0 Å². The second kappa shape index (κ2) is 7.48. The fourth-order valence-electron chi connectivity index (χ4n) is 2.13. The average molecular weight is 343 g/mol. The number of nitrogens with one attached hydrogen (secondary N) is 1. The third kappa shape index (κ3) is 4.35. The SMILES string of the molecule is COc1cc(C(=O)Nc2cc(C(=O)O)ccc2C)ccc1OC(C)=O. The van der Waals surface area contributed by atoms with Crippen LogP contribution in [0.4, 0.5) is 5.69 Å². The second-order valence-electron chi connectivity index (χ2n) is 5.25. The molecular formula is C18H17NO6. The highest BCUT2D eigenvalue weighted by atomic mass is 16.6. The second-order valence-corrected chi connectivity index (χ2v) is 5.25. The smallest absolute Gasteiger partial charge is 0.335 e. The molecule has 0 heterocycles. The molecule has 0 fully saturated rings. The van der Waals surface area contributed by atoms with Crippen molar-refractivity contribution in [3.05, 3.63) is 53.1 Å². The molecule has 2 rings (SSSR count). The van der Waals surface area contributed by atoms with E-state index in [1.54, 1.807) is 13.0 Å². The van der Waals surface area contributed by atoms with Crippen LogP contribution in [0.15, 0.2) is 36.4 Å². The zero-order chi connectivity index (χ0) is 18.6. The molecule has 2 aromatic carbocycles. The molecule has 130 valence electrons. The largest absolute Gasteiger partial charge is 0.493 e. The van der Waals surface area contributed by atoms with Gasteiger partial charge in [-0.05, 0) is 42.8 Å². The Bertz CT molecular complexity index is 843. The number of carbonyl (C=O) groups excluding carboxylic acids is 2. The van der Waals surface area contributed by atoms with E-state index in [0.717, 1.165) is 5.56 Å². The summed E-state index contributed by atoms with van der Waals surface area (Å²) in [6.45, 7) is 3.02. The summed E-state index contributed by atoms with van der Waals surface area (Å²) in [5.41, 5.74) is 1.46. The van der Waals surface area contributed by atoms with Crippen LogP contribution in [-0.4, -0.2) is 30.1 Å². The first-order chi connectivity index (χ1) is 11.8. The third-order valence-corrected chi connectivity index (χ3v) is 3.41. The van der Waals surface area contributed by atoms with Crippen LogP contribution in [-0.2, 0) is 4.79 Å². The molecule has 0 aromatic heterocycles. The van der Waals surface area contributed by atoms with Crippen LogP contribution in [0.1, 0.15) is 33.2 Å². The summed E-state index contributed by atoms with van der Waals surface area (Å²) in [6, 6.07) is 8.83. The van der Waals surface area contributed by atoms with Crippen LogP contribution in [0.2, 0.25) is 0 Å². The molecule has 0 aliphatic carbocycles. The summed E-state index contributed by atoms with van der Waals surface area (Å²) in [5.74, 6) is -1.59. The predicted octanol–water partition coefficient (Wildman–Crippen LogP) is 2.88. The van der Waals surface area contributed by atoms with E-state index in [1.165, 1.54) is 44.4 Å². The van der Waals surface area contributed by atoms with Crippen molar-refractivity contribution in [1.29, 1.82) is 0 Å². The maximum absolute atomic E-state index is 12.4. The summed E-state index contributed by atoms with van der Waals surface area (Å²) in [7, 11) is 1.39. The van der Waals surface area contributed by atoms with Gasteiger partial charge in [0.1, 0.15) is 0 Å². The number of carboxylic acids is 1. The van der Waals surface area contributed by atoms with E-state index < -0.39 is 17.8 Å². The number of hydrogen-bond donors (Lipinski definition) is 2. The standard InChI is InChI=1S/C18H17NO6/c1-10-4-5-13(18(22)23)8-14(10)19-17(21)12-6-7-15(25-11(2)20)16(9-12)24-3/h4-9H,1-3H3,(H,19,21)(H,22,23). The number of ether oxygens (including phenoxy) is 2. The quantitative estimate of drug-likeness (QED) is 0.639. The zero-order valence-electron chi connectivity index (χ0n) is 14.0. The molecule has 2 N–H and O–H groups in total. The first-order valence-electron chi connectivity index (χ1n) is 7.33. The Kier molecular flexibility index (Phi) is 5.38. The van der Waals surface area contributed by atoms with Gasteiger partial charge in [0.25, 0.3) is 5.91 Å². The Balaban J connectivity index is 2.28. The molecule has 0 unspecified atom stereocenters. The molecule has 7 heteroatoms. The van der Waals surface area contributed by atoms with E-state index in [9.17, 15) is 14.4 Å². The van der Waals surface area contributed by atoms with Crippen molar-refractivity contribution in [2.75, 3.05) is 12.4 Å². The minimum Gasteiger partial charge on any atom is -0.493 e. The molecule has 0 spiro atoms. The van der Waals surface area contributed by atoms with E-state index in [1.807, 2.05) is 0 Å². The molecule has 0 bridgehead atoms. The Morgan fingerprint density at radius 2 is 1.68 bits per heavy atom.